The van der Waals surface area contributed by atoms with Crippen LogP contribution in [0.3, 0.4) is 0 Å². The van der Waals surface area contributed by atoms with Gasteiger partial charge >= 0.3 is 0 Å². The van der Waals surface area contributed by atoms with Gasteiger partial charge in [0.1, 0.15) is 4.90 Å². The third-order valence-corrected chi connectivity index (χ3v) is 3.86. The van der Waals surface area contributed by atoms with Crippen LogP contribution in [0.2, 0.25) is 0 Å². The Morgan fingerprint density at radius 3 is 2.63 bits per heavy atom. The summed E-state index contributed by atoms with van der Waals surface area (Å²) in [6.07, 6.45) is 0.413. The molecular formula is C11H14N4O3S. The molecule has 19 heavy (non-hydrogen) atoms. The summed E-state index contributed by atoms with van der Waals surface area (Å²) in [6, 6.07) is 5.79. The molecule has 0 radical (unpaired) electrons. The molecule has 0 atom stereocenters. The number of nitrogens with one attached hydrogen (secondary N) is 1. The summed E-state index contributed by atoms with van der Waals surface area (Å²) >= 11 is 0. The first-order valence-corrected chi connectivity index (χ1v) is 6.92. The molecule has 8 heteroatoms. The van der Waals surface area contributed by atoms with Crippen molar-refractivity contribution in [2.75, 3.05) is 12.3 Å². The molecule has 0 aliphatic rings. The Morgan fingerprint density at radius 1 is 1.42 bits per heavy atom. The molecule has 0 aliphatic carbocycles. The van der Waals surface area contributed by atoms with Gasteiger partial charge in [-0.3, -0.25) is 4.79 Å². The highest BCUT2D eigenvalue weighted by Crippen LogP contribution is 2.19. The first kappa shape index (κ1) is 14.9. The fourth-order valence-corrected chi connectivity index (χ4v) is 2.59. The number of carbonyl (C=O) groups is 1. The molecule has 0 saturated carbocycles. The molecule has 1 rings (SSSR count). The SMILES string of the molecule is N#Cc1ccc(S(=O)(=O)NCCCC(N)=O)c(N)c1. The number of sulfonamides is 1. The molecule has 1 aromatic carbocycles. The lowest BCUT2D eigenvalue weighted by Gasteiger charge is -2.08. The van der Waals surface area contributed by atoms with Crippen molar-refractivity contribution in [2.45, 2.75) is 17.7 Å². The molecule has 7 nitrogen and oxygen atoms in total. The number of primary amides is 1. The van der Waals surface area contributed by atoms with Crippen LogP contribution in [0.25, 0.3) is 0 Å². The van der Waals surface area contributed by atoms with Crippen LogP contribution in [0.1, 0.15) is 18.4 Å². The van der Waals surface area contributed by atoms with Crippen LogP contribution in [-0.4, -0.2) is 20.9 Å². The zero-order chi connectivity index (χ0) is 14.5. The Morgan fingerprint density at radius 2 is 2.11 bits per heavy atom. The van der Waals surface area contributed by atoms with E-state index in [1.54, 1.807) is 0 Å². The number of nitrogen functional groups attached to an aromatic ring is 1. The van der Waals surface area contributed by atoms with Gasteiger partial charge in [-0.05, 0) is 24.6 Å². The highest BCUT2D eigenvalue weighted by Gasteiger charge is 2.17. The van der Waals surface area contributed by atoms with E-state index in [-0.39, 0.29) is 29.1 Å². The monoisotopic (exact) mass is 282 g/mol. The molecule has 0 saturated heterocycles. The first-order valence-electron chi connectivity index (χ1n) is 5.44. The second kappa shape index (κ2) is 6.17. The predicted molar refractivity (Wildman–Crippen MR) is 69.2 cm³/mol. The van der Waals surface area contributed by atoms with E-state index < -0.39 is 15.9 Å². The number of benzene rings is 1. The summed E-state index contributed by atoms with van der Waals surface area (Å²) in [5.41, 5.74) is 10.8. The number of nitrogens with zero attached hydrogens (tertiary/aromatic N) is 1. The lowest BCUT2D eigenvalue weighted by molar-refractivity contribution is -0.118. The molecule has 0 aliphatic heterocycles. The second-order valence-electron chi connectivity index (χ2n) is 3.83. The van der Waals surface area contributed by atoms with Crippen LogP contribution in [0.4, 0.5) is 5.69 Å². The molecule has 0 spiro atoms. The molecule has 0 aromatic heterocycles. The zero-order valence-electron chi connectivity index (χ0n) is 10.1. The number of amides is 1. The number of anilines is 1. The predicted octanol–water partition coefficient (Wildman–Crippen LogP) is -0.316. The van der Waals surface area contributed by atoms with Gasteiger partial charge in [0, 0.05) is 13.0 Å². The first-order chi connectivity index (χ1) is 8.86. The summed E-state index contributed by atoms with van der Waals surface area (Å²) in [5, 5.41) is 8.67. The van der Waals surface area contributed by atoms with Crippen molar-refractivity contribution in [3.05, 3.63) is 23.8 Å². The van der Waals surface area contributed by atoms with Crippen LogP contribution in [0.15, 0.2) is 23.1 Å². The van der Waals surface area contributed by atoms with Crippen molar-refractivity contribution >= 4 is 21.6 Å². The number of carbonyl (C=O) groups excluding carboxylic acids is 1. The van der Waals surface area contributed by atoms with E-state index in [1.165, 1.54) is 18.2 Å². The van der Waals surface area contributed by atoms with Gasteiger partial charge in [0.15, 0.2) is 0 Å². The standard InChI is InChI=1S/C11H14N4O3S/c12-7-8-3-4-10(9(13)6-8)19(17,18)15-5-1-2-11(14)16/h3-4,6,15H,1-2,5,13H2,(H2,14,16). The van der Waals surface area contributed by atoms with Crippen molar-refractivity contribution in [1.29, 1.82) is 5.26 Å². The smallest absolute Gasteiger partial charge is 0.242 e. The van der Waals surface area contributed by atoms with Gasteiger partial charge in [-0.15, -0.1) is 0 Å². The molecule has 102 valence electrons. The topological polar surface area (TPSA) is 139 Å². The number of hydrogen-bond acceptors (Lipinski definition) is 5. The van der Waals surface area contributed by atoms with Crippen molar-refractivity contribution in [2.24, 2.45) is 5.73 Å². The zero-order valence-corrected chi connectivity index (χ0v) is 10.9. The van der Waals surface area contributed by atoms with E-state index in [9.17, 15) is 13.2 Å². The molecule has 0 heterocycles. The highest BCUT2D eigenvalue weighted by molar-refractivity contribution is 7.89. The summed E-state index contributed by atoms with van der Waals surface area (Å²) in [6.45, 7) is 0.0880. The molecule has 5 N–H and O–H groups in total. The third-order valence-electron chi connectivity index (χ3n) is 2.32. The lowest BCUT2D eigenvalue weighted by Crippen LogP contribution is -2.26. The maximum atomic E-state index is 11.9. The van der Waals surface area contributed by atoms with Crippen molar-refractivity contribution < 1.29 is 13.2 Å². The van der Waals surface area contributed by atoms with Crippen LogP contribution in [0, 0.1) is 11.3 Å². The van der Waals surface area contributed by atoms with Gasteiger partial charge in [0.2, 0.25) is 15.9 Å². The van der Waals surface area contributed by atoms with Crippen molar-refractivity contribution in [3.8, 4) is 6.07 Å². The number of nitrogens with two attached hydrogens (primary N) is 2. The molecule has 1 amide bonds. The van der Waals surface area contributed by atoms with Gasteiger partial charge in [0.05, 0.1) is 17.3 Å². The van der Waals surface area contributed by atoms with E-state index >= 15 is 0 Å². The summed E-state index contributed by atoms with van der Waals surface area (Å²) in [4.78, 5) is 10.4. The second-order valence-corrected chi connectivity index (χ2v) is 5.57. The fourth-order valence-electron chi connectivity index (χ4n) is 1.41. The average Bonchev–Trinajstić information content (AvgIpc) is 2.34. The number of rotatable bonds is 6. The minimum Gasteiger partial charge on any atom is -0.398 e. The summed E-state index contributed by atoms with van der Waals surface area (Å²) in [7, 11) is -3.75. The maximum absolute atomic E-state index is 11.9. The third kappa shape index (κ3) is 4.24. The van der Waals surface area contributed by atoms with Crippen molar-refractivity contribution in [3.63, 3.8) is 0 Å². The summed E-state index contributed by atoms with van der Waals surface area (Å²) in [5.74, 6) is -0.489. The number of nitriles is 1. The highest BCUT2D eigenvalue weighted by atomic mass is 32.2. The molecule has 0 unspecified atom stereocenters. The van der Waals surface area contributed by atoms with Crippen LogP contribution >= 0.6 is 0 Å². The molecule has 1 aromatic rings. The fraction of sp³-hybridized carbons (Fsp3) is 0.273. The van der Waals surface area contributed by atoms with Gasteiger partial charge < -0.3 is 11.5 Å². The molecule has 0 fully saturated rings. The largest absolute Gasteiger partial charge is 0.398 e. The Hall–Kier alpha value is -2.11. The lowest BCUT2D eigenvalue weighted by atomic mass is 10.2. The Balaban J connectivity index is 2.78. The quantitative estimate of drug-likeness (QED) is 0.485. The van der Waals surface area contributed by atoms with E-state index in [4.69, 9.17) is 16.7 Å². The Labute approximate surface area is 111 Å². The van der Waals surface area contributed by atoms with Gasteiger partial charge in [-0.2, -0.15) is 5.26 Å². The molecule has 0 bridgehead atoms. The minimum absolute atomic E-state index is 0.00134. The van der Waals surface area contributed by atoms with Gasteiger partial charge in [0.25, 0.3) is 0 Å². The average molecular weight is 282 g/mol. The number of hydrogen-bond donors (Lipinski definition) is 3. The minimum atomic E-state index is -3.75. The van der Waals surface area contributed by atoms with E-state index in [1.807, 2.05) is 6.07 Å². The van der Waals surface area contributed by atoms with Crippen molar-refractivity contribution in [1.82, 2.24) is 4.72 Å². The Bertz CT molecular complexity index is 619. The van der Waals surface area contributed by atoms with Crippen LogP contribution in [0.5, 0.6) is 0 Å². The van der Waals surface area contributed by atoms with E-state index in [0.29, 0.717) is 6.42 Å². The van der Waals surface area contributed by atoms with Crippen LogP contribution < -0.4 is 16.2 Å². The van der Waals surface area contributed by atoms with Gasteiger partial charge in [-0.25, -0.2) is 13.1 Å². The Kier molecular flexibility index (Phi) is 4.86. The van der Waals surface area contributed by atoms with E-state index in [2.05, 4.69) is 4.72 Å². The van der Waals surface area contributed by atoms with Gasteiger partial charge in [-0.1, -0.05) is 0 Å². The van der Waals surface area contributed by atoms with Crippen LogP contribution in [-0.2, 0) is 14.8 Å². The maximum Gasteiger partial charge on any atom is 0.242 e. The normalized spacial score (nSPS) is 10.9. The summed E-state index contributed by atoms with van der Waals surface area (Å²) < 4.78 is 26.1. The molecular weight excluding hydrogens is 268 g/mol. The van der Waals surface area contributed by atoms with E-state index in [0.717, 1.165) is 0 Å².